The topological polar surface area (TPSA) is 85.5 Å². The van der Waals surface area contributed by atoms with Crippen molar-refractivity contribution in [2.75, 3.05) is 0 Å². The molecule has 1 unspecified atom stereocenters. The Balaban J connectivity index is 0.000000146. The molecule has 12 heteroatoms. The van der Waals surface area contributed by atoms with Gasteiger partial charge in [0.1, 0.15) is 72.9 Å². The molecular formula is C135H138N8O4+4. The van der Waals surface area contributed by atoms with E-state index in [0.717, 1.165) is 116 Å². The Hall–Kier alpha value is -15.6. The van der Waals surface area contributed by atoms with Gasteiger partial charge in [0.25, 0.3) is 0 Å². The van der Waals surface area contributed by atoms with Crippen LogP contribution in [0.25, 0.3) is 197 Å². The number of hydrogen-bond acceptors (Lipinski definition) is 4. The van der Waals surface area contributed by atoms with E-state index in [1.807, 2.05) is 231 Å². The van der Waals surface area contributed by atoms with E-state index in [1.54, 1.807) is 52.3 Å². The lowest BCUT2D eigenvalue weighted by Gasteiger charge is -2.19. The van der Waals surface area contributed by atoms with E-state index >= 15 is 0 Å². The highest BCUT2D eigenvalue weighted by Gasteiger charge is 2.33. The normalized spacial score (nSPS) is 14.2. The standard InChI is InChI=1S/C35H37N2O.C34H35N2O.2C33H33N2O/c1-21(2)24-11-13-25(14-12-24)32-29(36-8)18-17-28-27-16-10-22(3)31(33(27)38-34(28)32)30-19-15-26(20-35(5,6)7)23(4)37(30)9;1-20(2)19-26-14-18-30(36(8)23(26)6)31-22(5)9-15-27-28-16-17-29(35-7)32(34(28)37-33(27)31)25-12-10-24(11-13-25)21(3)4;2*1-19(2)23-10-12-24(13-11-23)31-28(34-7)17-15-27-26-14-9-21(5)30(32(26)36-33(27)31)29-18-16-25(20(3)4)22(6)35(29)8/h10-19,21H,20H2,1-7,9H3;9-18,20-21H,19H2,1-6,8H3;2*9-20H,1-6,8H3/q4*+1/i15D,19D,20D2;14D,18D,19D2;3D3,16D,18D,20D;16D,18D,20D. The predicted octanol–water partition coefficient (Wildman–Crippen LogP) is 37.2. The number of hydrogen-bond donors (Lipinski definition) is 0. The minimum Gasteiger partial charge on any atom is -0.456 e. The van der Waals surface area contributed by atoms with Crippen LogP contribution in [0, 0.1) is 93.0 Å². The third-order valence-electron chi connectivity index (χ3n) is 28.7. The van der Waals surface area contributed by atoms with Crippen molar-refractivity contribution in [1.29, 1.82) is 0 Å². The highest BCUT2D eigenvalue weighted by Crippen LogP contribution is 2.52. The van der Waals surface area contributed by atoms with Crippen molar-refractivity contribution in [3.63, 3.8) is 0 Å². The molecule has 0 aliphatic rings. The van der Waals surface area contributed by atoms with E-state index in [4.69, 9.17) is 67.3 Å². The van der Waals surface area contributed by atoms with Crippen molar-refractivity contribution in [2.45, 2.75) is 221 Å². The van der Waals surface area contributed by atoms with Gasteiger partial charge in [-0.1, -0.05) is 312 Å². The van der Waals surface area contributed by atoms with E-state index in [9.17, 15) is 0 Å². The first-order chi connectivity index (χ1) is 76.9. The van der Waals surface area contributed by atoms with Gasteiger partial charge in [0.05, 0.1) is 59.5 Å². The number of rotatable bonds is 17. The fourth-order valence-corrected chi connectivity index (χ4v) is 20.0. The summed E-state index contributed by atoms with van der Waals surface area (Å²) >= 11 is 0. The second-order valence-electron chi connectivity index (χ2n) is 41.6. The van der Waals surface area contributed by atoms with Gasteiger partial charge in [-0.25, -0.2) is 19.4 Å². The van der Waals surface area contributed by atoms with E-state index < -0.39 is 36.8 Å². The maximum absolute atomic E-state index is 9.14. The van der Waals surface area contributed by atoms with E-state index in [2.05, 4.69) is 135 Å². The molecule has 0 radical (unpaired) electrons. The molecule has 0 saturated carbocycles. The fourth-order valence-electron chi connectivity index (χ4n) is 20.0. The highest BCUT2D eigenvalue weighted by molar-refractivity contribution is 6.19. The lowest BCUT2D eigenvalue weighted by atomic mass is 9.87. The first-order valence-electron chi connectivity index (χ1n) is 58.8. The highest BCUT2D eigenvalue weighted by atomic mass is 16.3. The van der Waals surface area contributed by atoms with Crippen LogP contribution in [-0.2, 0) is 40.9 Å². The molecule has 0 aliphatic heterocycles. The van der Waals surface area contributed by atoms with E-state index in [-0.39, 0.29) is 70.9 Å². The van der Waals surface area contributed by atoms with Crippen LogP contribution in [0.5, 0.6) is 0 Å². The van der Waals surface area contributed by atoms with Crippen LogP contribution in [0.4, 0.5) is 22.7 Å². The number of pyridine rings is 4. The van der Waals surface area contributed by atoms with Gasteiger partial charge in [0.2, 0.25) is 22.8 Å². The molecule has 20 rings (SSSR count). The first kappa shape index (κ1) is 82.7. The molecule has 1 atom stereocenters. The Morgan fingerprint density at radius 2 is 0.517 bits per heavy atom. The summed E-state index contributed by atoms with van der Waals surface area (Å²) in [5.41, 5.74) is 29.1. The van der Waals surface area contributed by atoms with Gasteiger partial charge in [0, 0.05) is 152 Å². The Kier molecular flexibility index (Phi) is 23.3. The van der Waals surface area contributed by atoms with Crippen LogP contribution in [0.1, 0.15) is 266 Å². The minimum atomic E-state index is -2.69. The van der Waals surface area contributed by atoms with Crippen molar-refractivity contribution >= 4 is 111 Å². The summed E-state index contributed by atoms with van der Waals surface area (Å²) in [6, 6.07) is 63.3. The first-order valence-corrected chi connectivity index (χ1v) is 50.3. The zero-order chi connectivity index (χ0) is 120. The van der Waals surface area contributed by atoms with Crippen LogP contribution in [0.3, 0.4) is 0 Å². The Bertz CT molecular complexity index is 9370. The molecule has 12 nitrogen and oxygen atoms in total. The molecule has 738 valence electrons. The van der Waals surface area contributed by atoms with Crippen molar-refractivity contribution in [3.8, 4) is 89.5 Å². The molecule has 0 bridgehead atoms. The number of aromatic nitrogens is 4. The second-order valence-corrected chi connectivity index (χ2v) is 41.6. The van der Waals surface area contributed by atoms with Crippen molar-refractivity contribution in [1.82, 2.24) is 0 Å². The number of nitrogens with zero attached hydrogens (tertiary/aromatic N) is 8. The van der Waals surface area contributed by atoms with Crippen molar-refractivity contribution in [2.24, 2.45) is 39.5 Å². The summed E-state index contributed by atoms with van der Waals surface area (Å²) in [7, 11) is 7.25. The van der Waals surface area contributed by atoms with Crippen molar-refractivity contribution < 1.29 is 59.2 Å². The van der Waals surface area contributed by atoms with Gasteiger partial charge in [-0.3, -0.25) is 0 Å². The summed E-state index contributed by atoms with van der Waals surface area (Å²) < 4.78 is 182. The maximum Gasteiger partial charge on any atom is 0.216 e. The van der Waals surface area contributed by atoms with Crippen LogP contribution in [-0.4, -0.2) is 0 Å². The van der Waals surface area contributed by atoms with Gasteiger partial charge in [-0.05, 0) is 178 Å². The van der Waals surface area contributed by atoms with E-state index in [1.165, 1.54) is 29.2 Å². The van der Waals surface area contributed by atoms with Gasteiger partial charge >= 0.3 is 0 Å². The molecule has 8 aromatic heterocycles. The van der Waals surface area contributed by atoms with Crippen LogP contribution in [0.15, 0.2) is 260 Å². The summed E-state index contributed by atoms with van der Waals surface area (Å²) in [5, 5.41) is 6.92. The monoisotopic (exact) mass is 1950 g/mol. The smallest absolute Gasteiger partial charge is 0.216 e. The average molecular weight is 1950 g/mol. The lowest BCUT2D eigenvalue weighted by molar-refractivity contribution is -0.667. The zero-order valence-corrected chi connectivity index (χ0v) is 89.6. The average Bonchev–Trinajstić information content (AvgIpc) is 1.56. The van der Waals surface area contributed by atoms with Gasteiger partial charge in [0.15, 0.2) is 45.5 Å². The number of benzene rings is 12. The van der Waals surface area contributed by atoms with Crippen LogP contribution >= 0.6 is 0 Å². The van der Waals surface area contributed by atoms with Crippen molar-refractivity contribution in [3.05, 3.63) is 378 Å². The zero-order valence-electron chi connectivity index (χ0n) is 107. The Morgan fingerprint density at radius 3 is 0.748 bits per heavy atom. The molecule has 20 aromatic rings. The maximum atomic E-state index is 9.14. The fraction of sp³-hybridized carbons (Fsp3) is 0.289. The van der Waals surface area contributed by atoms with Gasteiger partial charge < -0.3 is 17.7 Å². The SMILES string of the molecule is [2H]c1c([2H])c(-c2c(C)ccc3c2oc2c(-c4ccc(C(C)C)cc4)c([N+]#[C-])ccc23)[n+](C)c(C)c1C([2H])(C)C.[2H]c1c([2H])c(-c2c(C)ccc3c2oc2c(-c4ccc(C(C)C)cc4)c([N+]#[C-])ccc23)[n+](C)c(C)c1C([2H])(C)C([2H])([2H])[2H].[2H]c1c([2H])c(-c2c(C)ccc3c2oc2c(-c4ccc(C(C)C)cc4)c([N+]#[C-])ccc23)[n+](C)c(C)c1C([2H])([2H])C(C)(C)C.[2H]c1c([2H])c(-c2c(C)ccc3c2oc2c(-c4ccc(C(C)C)cc4)c([N+]#[C-])ccc23)[n+](C)c(C)c1C([2H])([2H])C(C)C. The summed E-state index contributed by atoms with van der Waals surface area (Å²) in [4.78, 5) is 15.3. The predicted molar refractivity (Wildman–Crippen MR) is 612 cm³/mol. The van der Waals surface area contributed by atoms with Crippen LogP contribution < -0.4 is 18.3 Å². The molecule has 8 heterocycles. The van der Waals surface area contributed by atoms with E-state index in [0.29, 0.717) is 159 Å². The largest absolute Gasteiger partial charge is 0.456 e. The Labute approximate surface area is 892 Å². The third-order valence-corrected chi connectivity index (χ3v) is 28.7. The van der Waals surface area contributed by atoms with Crippen LogP contribution in [0.2, 0.25) is 0 Å². The number of aryl methyl sites for hydroxylation is 4. The minimum absolute atomic E-state index is 0.00186. The van der Waals surface area contributed by atoms with Gasteiger partial charge in [-0.2, -0.15) is 18.3 Å². The van der Waals surface area contributed by atoms with Gasteiger partial charge in [-0.15, -0.1) is 0 Å². The third kappa shape index (κ3) is 19.3. The number of furan rings is 4. The lowest BCUT2D eigenvalue weighted by Crippen LogP contribution is -2.36. The molecular weight excluding hydrogens is 1800 g/mol. The molecule has 0 aliphatic carbocycles. The molecule has 0 saturated heterocycles. The quantitative estimate of drug-likeness (QED) is 0.0671. The second kappa shape index (κ2) is 41.5. The molecule has 147 heavy (non-hydrogen) atoms. The molecule has 0 fully saturated rings. The molecule has 0 N–H and O–H groups in total. The Morgan fingerprint density at radius 1 is 0.293 bits per heavy atom. The molecule has 12 aromatic carbocycles. The summed E-state index contributed by atoms with van der Waals surface area (Å²) in [5.74, 6) is -1.88. The molecule has 0 spiro atoms. The summed E-state index contributed by atoms with van der Waals surface area (Å²) in [6.07, 6.45) is -3.58. The summed E-state index contributed by atoms with van der Waals surface area (Å²) in [6.45, 7) is 74.8. The molecule has 0 amide bonds. The number of fused-ring (bicyclic) bond motifs is 12.